The monoisotopic (exact) mass is 342 g/mol. The fraction of sp³-hybridized carbons (Fsp3) is 0.389. The summed E-state index contributed by atoms with van der Waals surface area (Å²) in [6.07, 6.45) is -0.410. The fourth-order valence-electron chi connectivity index (χ4n) is 2.73. The van der Waals surface area contributed by atoms with Crippen LogP contribution >= 0.6 is 0 Å². The summed E-state index contributed by atoms with van der Waals surface area (Å²) in [7, 11) is 0. The summed E-state index contributed by atoms with van der Waals surface area (Å²) in [4.78, 5) is 13.9. The minimum Gasteiger partial charge on any atom is -0.444 e. The van der Waals surface area contributed by atoms with E-state index in [-0.39, 0.29) is 12.4 Å². The van der Waals surface area contributed by atoms with Gasteiger partial charge < -0.3 is 9.64 Å². The molecule has 1 aromatic heterocycles. The number of hydrogen-bond acceptors (Lipinski definition) is 4. The number of carbonyl (C=O) groups is 1. The average Bonchev–Trinajstić information content (AvgIpc) is 2.91. The predicted octanol–water partition coefficient (Wildman–Crippen LogP) is 3.31. The highest BCUT2D eigenvalue weighted by Gasteiger charge is 2.29. The Labute approximate surface area is 145 Å². The van der Waals surface area contributed by atoms with Gasteiger partial charge >= 0.3 is 6.09 Å². The molecule has 0 saturated heterocycles. The first-order chi connectivity index (χ1) is 11.8. The molecule has 0 radical (unpaired) electrons. The minimum atomic E-state index is -0.577. The van der Waals surface area contributed by atoms with Crippen LogP contribution in [-0.2, 0) is 17.8 Å². The van der Waals surface area contributed by atoms with Gasteiger partial charge in [0.15, 0.2) is 0 Å². The van der Waals surface area contributed by atoms with Gasteiger partial charge in [-0.3, -0.25) is 4.68 Å². The first-order valence-electron chi connectivity index (χ1n) is 8.02. The maximum atomic E-state index is 13.1. The van der Waals surface area contributed by atoms with E-state index >= 15 is 0 Å². The van der Waals surface area contributed by atoms with Crippen molar-refractivity contribution in [1.29, 1.82) is 5.26 Å². The van der Waals surface area contributed by atoms with Crippen molar-refractivity contribution in [3.63, 3.8) is 0 Å². The Kier molecular flexibility index (Phi) is 4.21. The molecule has 2 heterocycles. The lowest BCUT2D eigenvalue weighted by molar-refractivity contribution is 0.0194. The zero-order valence-corrected chi connectivity index (χ0v) is 14.4. The molecule has 0 unspecified atom stereocenters. The van der Waals surface area contributed by atoms with E-state index in [2.05, 4.69) is 11.2 Å². The van der Waals surface area contributed by atoms with E-state index in [4.69, 9.17) is 4.74 Å². The molecule has 6 nitrogen and oxygen atoms in total. The Morgan fingerprint density at radius 3 is 2.56 bits per heavy atom. The van der Waals surface area contributed by atoms with Gasteiger partial charge in [0.2, 0.25) is 0 Å². The number of nitriles is 1. The average molecular weight is 342 g/mol. The van der Waals surface area contributed by atoms with E-state index in [0.29, 0.717) is 35.6 Å². The van der Waals surface area contributed by atoms with E-state index in [1.165, 1.54) is 12.1 Å². The standard InChI is InChI=1S/C18H19FN4O2/c1-18(2,3)25-17(24)22-8-9-23-15(11-22)14(10-20)16(21-23)12-4-6-13(19)7-5-12/h4-7H,8-9,11H2,1-3H3. The van der Waals surface area contributed by atoms with Crippen molar-refractivity contribution >= 4 is 6.09 Å². The Hall–Kier alpha value is -2.88. The van der Waals surface area contributed by atoms with Gasteiger partial charge in [-0.05, 0) is 45.0 Å². The van der Waals surface area contributed by atoms with Crippen LogP contribution in [0.1, 0.15) is 32.0 Å². The summed E-state index contributed by atoms with van der Waals surface area (Å²) in [5.41, 5.74) is 1.66. The SMILES string of the molecule is CC(C)(C)OC(=O)N1CCn2nc(-c3ccc(F)cc3)c(C#N)c2C1. The maximum absolute atomic E-state index is 13.1. The Morgan fingerprint density at radius 2 is 1.96 bits per heavy atom. The Bertz CT molecular complexity index is 844. The molecular weight excluding hydrogens is 323 g/mol. The van der Waals surface area contributed by atoms with Gasteiger partial charge in [-0.25, -0.2) is 9.18 Å². The highest BCUT2D eigenvalue weighted by Crippen LogP contribution is 2.28. The number of benzene rings is 1. The molecule has 1 aliphatic heterocycles. The summed E-state index contributed by atoms with van der Waals surface area (Å²) in [6.45, 7) is 6.62. The van der Waals surface area contributed by atoms with Crippen LogP contribution in [0.3, 0.4) is 0 Å². The molecule has 0 aliphatic carbocycles. The molecule has 1 amide bonds. The van der Waals surface area contributed by atoms with Crippen LogP contribution < -0.4 is 0 Å². The lowest BCUT2D eigenvalue weighted by Crippen LogP contribution is -2.41. The van der Waals surface area contributed by atoms with Gasteiger partial charge in [0.1, 0.15) is 28.7 Å². The smallest absolute Gasteiger partial charge is 0.410 e. The van der Waals surface area contributed by atoms with Crippen LogP contribution in [0.25, 0.3) is 11.3 Å². The number of amides is 1. The Morgan fingerprint density at radius 1 is 1.28 bits per heavy atom. The molecule has 0 spiro atoms. The second-order valence-electron chi connectivity index (χ2n) is 6.91. The van der Waals surface area contributed by atoms with Gasteiger partial charge in [0, 0.05) is 12.1 Å². The number of hydrogen-bond donors (Lipinski definition) is 0. The number of halogens is 1. The summed E-state index contributed by atoms with van der Waals surface area (Å²) in [5.74, 6) is -0.345. The van der Waals surface area contributed by atoms with Crippen LogP contribution in [0, 0.1) is 17.1 Å². The number of nitrogens with zero attached hydrogens (tertiary/aromatic N) is 4. The molecule has 7 heteroatoms. The molecule has 0 atom stereocenters. The second-order valence-corrected chi connectivity index (χ2v) is 6.91. The first kappa shape index (κ1) is 17.0. The second kappa shape index (κ2) is 6.20. The zero-order chi connectivity index (χ0) is 18.2. The summed E-state index contributed by atoms with van der Waals surface area (Å²) in [6, 6.07) is 8.03. The maximum Gasteiger partial charge on any atom is 0.410 e. The molecule has 25 heavy (non-hydrogen) atoms. The molecule has 2 aromatic rings. The fourth-order valence-corrected chi connectivity index (χ4v) is 2.73. The van der Waals surface area contributed by atoms with Crippen LogP contribution in [-0.4, -0.2) is 32.9 Å². The molecule has 1 aromatic carbocycles. The third-order valence-corrected chi connectivity index (χ3v) is 3.86. The van der Waals surface area contributed by atoms with E-state index in [1.54, 1.807) is 21.7 Å². The van der Waals surface area contributed by atoms with E-state index in [9.17, 15) is 14.4 Å². The molecule has 1 aliphatic rings. The van der Waals surface area contributed by atoms with E-state index in [1.807, 2.05) is 20.8 Å². The molecule has 0 saturated carbocycles. The highest BCUT2D eigenvalue weighted by molar-refractivity contribution is 5.70. The molecule has 0 fully saturated rings. The topological polar surface area (TPSA) is 71.2 Å². The quantitative estimate of drug-likeness (QED) is 0.797. The van der Waals surface area contributed by atoms with Crippen molar-refractivity contribution < 1.29 is 13.9 Å². The lowest BCUT2D eigenvalue weighted by atomic mass is 10.1. The van der Waals surface area contributed by atoms with Gasteiger partial charge in [-0.15, -0.1) is 0 Å². The number of rotatable bonds is 1. The molecule has 130 valence electrons. The Balaban J connectivity index is 1.91. The summed E-state index contributed by atoms with van der Waals surface area (Å²) >= 11 is 0. The van der Waals surface area contributed by atoms with E-state index in [0.717, 1.165) is 0 Å². The zero-order valence-electron chi connectivity index (χ0n) is 14.4. The lowest BCUT2D eigenvalue weighted by Gasteiger charge is -2.30. The number of carbonyl (C=O) groups excluding carboxylic acids is 1. The van der Waals surface area contributed by atoms with Crippen molar-refractivity contribution in [3.8, 4) is 17.3 Å². The van der Waals surface area contributed by atoms with Gasteiger partial charge in [0.25, 0.3) is 0 Å². The van der Waals surface area contributed by atoms with Crippen molar-refractivity contribution in [3.05, 3.63) is 41.3 Å². The van der Waals surface area contributed by atoms with Crippen molar-refractivity contribution in [2.45, 2.75) is 39.5 Å². The van der Waals surface area contributed by atoms with Crippen molar-refractivity contribution in [2.24, 2.45) is 0 Å². The first-order valence-corrected chi connectivity index (χ1v) is 8.02. The third kappa shape index (κ3) is 3.48. The predicted molar refractivity (Wildman–Crippen MR) is 89.0 cm³/mol. The molecule has 0 N–H and O–H groups in total. The minimum absolute atomic E-state index is 0.256. The number of aromatic nitrogens is 2. The molecular formula is C18H19FN4O2. The molecule has 3 rings (SSSR count). The van der Waals surface area contributed by atoms with E-state index < -0.39 is 11.7 Å². The van der Waals surface area contributed by atoms with Crippen molar-refractivity contribution in [2.75, 3.05) is 6.54 Å². The van der Waals surface area contributed by atoms with Crippen LogP contribution in [0.15, 0.2) is 24.3 Å². The summed E-state index contributed by atoms with van der Waals surface area (Å²) in [5, 5.41) is 14.1. The van der Waals surface area contributed by atoms with Gasteiger partial charge in [-0.1, -0.05) is 0 Å². The number of fused-ring (bicyclic) bond motifs is 1. The third-order valence-electron chi connectivity index (χ3n) is 3.86. The largest absolute Gasteiger partial charge is 0.444 e. The van der Waals surface area contributed by atoms with Crippen LogP contribution in [0.2, 0.25) is 0 Å². The van der Waals surface area contributed by atoms with Crippen molar-refractivity contribution in [1.82, 2.24) is 14.7 Å². The van der Waals surface area contributed by atoms with Crippen LogP contribution in [0.5, 0.6) is 0 Å². The van der Waals surface area contributed by atoms with Gasteiger partial charge in [-0.2, -0.15) is 10.4 Å². The van der Waals surface area contributed by atoms with Gasteiger partial charge in [0.05, 0.1) is 18.8 Å². The van der Waals surface area contributed by atoms with Crippen LogP contribution in [0.4, 0.5) is 9.18 Å². The summed E-state index contributed by atoms with van der Waals surface area (Å²) < 4.78 is 20.3. The number of ether oxygens (including phenoxy) is 1. The molecule has 0 bridgehead atoms. The highest BCUT2D eigenvalue weighted by atomic mass is 19.1. The normalized spacial score (nSPS) is 14.0.